The van der Waals surface area contributed by atoms with Gasteiger partial charge in [-0.15, -0.1) is 0 Å². The second kappa shape index (κ2) is 12.9. The Bertz CT molecular complexity index is 968. The summed E-state index contributed by atoms with van der Waals surface area (Å²) >= 11 is 0. The number of hydrogen-bond donors (Lipinski definition) is 0. The molecule has 0 N–H and O–H groups in total. The minimum absolute atomic E-state index is 0.136. The fourth-order valence-corrected chi connectivity index (χ4v) is 4.78. The highest BCUT2D eigenvalue weighted by Crippen LogP contribution is 2.25. The van der Waals surface area contributed by atoms with E-state index in [2.05, 4.69) is 43.6 Å². The molecule has 0 saturated heterocycles. The average molecular weight is 482 g/mol. The fraction of sp³-hybridized carbons (Fsp3) is 0.607. The largest absolute Gasteiger partial charge is 0.337 e. The van der Waals surface area contributed by atoms with Crippen LogP contribution in [-0.4, -0.2) is 63.9 Å². The number of anilines is 1. The minimum Gasteiger partial charge on any atom is -0.337 e. The molecular formula is C28H43N5O2. The summed E-state index contributed by atoms with van der Waals surface area (Å²) in [6.45, 7) is 15.9. The van der Waals surface area contributed by atoms with Gasteiger partial charge in [-0.3, -0.25) is 9.59 Å². The van der Waals surface area contributed by atoms with Crippen LogP contribution in [0.15, 0.2) is 36.7 Å². The first-order valence-electron chi connectivity index (χ1n) is 13.1. The smallest absolute Gasteiger partial charge is 0.227 e. The molecule has 0 fully saturated rings. The molecule has 0 radical (unpaired) electrons. The number of benzene rings is 1. The highest BCUT2D eigenvalue weighted by atomic mass is 16.2. The van der Waals surface area contributed by atoms with E-state index in [4.69, 9.17) is 0 Å². The lowest BCUT2D eigenvalue weighted by molar-refractivity contribution is -0.132. The number of aryl methyl sites for hydroxylation is 2. The van der Waals surface area contributed by atoms with Crippen molar-refractivity contribution in [2.24, 2.45) is 11.8 Å². The van der Waals surface area contributed by atoms with E-state index in [0.717, 1.165) is 43.1 Å². The number of para-hydroxylation sites is 1. The van der Waals surface area contributed by atoms with E-state index in [-0.39, 0.29) is 11.8 Å². The van der Waals surface area contributed by atoms with Crippen molar-refractivity contribution in [2.45, 2.75) is 67.0 Å². The summed E-state index contributed by atoms with van der Waals surface area (Å²) in [6, 6.07) is 8.10. The molecule has 0 atom stereocenters. The summed E-state index contributed by atoms with van der Waals surface area (Å²) in [4.78, 5) is 37.4. The van der Waals surface area contributed by atoms with E-state index >= 15 is 0 Å². The standard InChI is InChI=1S/C28H43N5O2/c1-22(2)19-28(35)33-14-8-13-30(20-23(3)4)17-18-32(21-25-9-6-7-10-26(25)33)27(34)11-15-31-16-12-29-24(31)5/h6-7,9-10,12,16,22-23H,8,11,13-15,17-21H2,1-5H3. The van der Waals surface area contributed by atoms with E-state index in [9.17, 15) is 9.59 Å². The number of aromatic nitrogens is 2. The van der Waals surface area contributed by atoms with Crippen LogP contribution in [0.1, 0.15) is 58.3 Å². The van der Waals surface area contributed by atoms with Crippen molar-refractivity contribution in [3.8, 4) is 0 Å². The molecule has 1 aromatic carbocycles. The summed E-state index contributed by atoms with van der Waals surface area (Å²) in [7, 11) is 0. The van der Waals surface area contributed by atoms with Crippen molar-refractivity contribution in [1.29, 1.82) is 0 Å². The maximum atomic E-state index is 13.4. The molecule has 0 bridgehead atoms. The van der Waals surface area contributed by atoms with Gasteiger partial charge in [-0.25, -0.2) is 4.98 Å². The zero-order valence-corrected chi connectivity index (χ0v) is 22.2. The Morgan fingerprint density at radius 2 is 1.74 bits per heavy atom. The van der Waals surface area contributed by atoms with Crippen molar-refractivity contribution in [1.82, 2.24) is 19.4 Å². The molecular weight excluding hydrogens is 438 g/mol. The molecule has 1 aliphatic rings. The molecule has 7 heteroatoms. The van der Waals surface area contributed by atoms with Gasteiger partial charge in [-0.05, 0) is 43.4 Å². The van der Waals surface area contributed by atoms with Crippen LogP contribution < -0.4 is 4.90 Å². The number of hydrogen-bond acceptors (Lipinski definition) is 4. The molecule has 0 saturated carbocycles. The zero-order valence-electron chi connectivity index (χ0n) is 22.2. The number of carbonyl (C=O) groups is 2. The van der Waals surface area contributed by atoms with E-state index in [1.165, 1.54) is 0 Å². The lowest BCUT2D eigenvalue weighted by Crippen LogP contribution is -2.40. The Balaban J connectivity index is 1.87. The summed E-state index contributed by atoms with van der Waals surface area (Å²) in [5.41, 5.74) is 1.98. The van der Waals surface area contributed by atoms with Gasteiger partial charge < -0.3 is 19.3 Å². The monoisotopic (exact) mass is 481 g/mol. The first kappa shape index (κ1) is 26.9. The third-order valence-corrected chi connectivity index (χ3v) is 6.54. The number of nitrogens with zero attached hydrogens (tertiary/aromatic N) is 5. The van der Waals surface area contributed by atoms with Crippen LogP contribution >= 0.6 is 0 Å². The highest BCUT2D eigenvalue weighted by molar-refractivity contribution is 5.94. The Kier molecular flexibility index (Phi) is 9.90. The zero-order chi connectivity index (χ0) is 25.4. The number of imidazole rings is 1. The Labute approximate surface area is 211 Å². The van der Waals surface area contributed by atoms with E-state index < -0.39 is 0 Å². The third kappa shape index (κ3) is 7.92. The van der Waals surface area contributed by atoms with Crippen molar-refractivity contribution >= 4 is 17.5 Å². The molecule has 3 rings (SSSR count). The van der Waals surface area contributed by atoms with Gasteiger partial charge in [0, 0.05) is 70.2 Å². The van der Waals surface area contributed by atoms with Crippen LogP contribution in [0.25, 0.3) is 0 Å². The predicted octanol–water partition coefficient (Wildman–Crippen LogP) is 4.35. The maximum Gasteiger partial charge on any atom is 0.227 e. The van der Waals surface area contributed by atoms with Gasteiger partial charge in [0.25, 0.3) is 0 Å². The van der Waals surface area contributed by atoms with Crippen LogP contribution in [0, 0.1) is 18.8 Å². The molecule has 1 aromatic heterocycles. The summed E-state index contributed by atoms with van der Waals surface area (Å²) < 4.78 is 2.02. The van der Waals surface area contributed by atoms with E-state index in [1.54, 1.807) is 6.20 Å². The number of carbonyl (C=O) groups excluding carboxylic acids is 2. The molecule has 35 heavy (non-hydrogen) atoms. The van der Waals surface area contributed by atoms with E-state index in [0.29, 0.717) is 50.9 Å². The van der Waals surface area contributed by atoms with Crippen LogP contribution in [0.4, 0.5) is 5.69 Å². The van der Waals surface area contributed by atoms with Gasteiger partial charge in [-0.1, -0.05) is 45.9 Å². The van der Waals surface area contributed by atoms with Crippen molar-refractivity contribution in [3.63, 3.8) is 0 Å². The van der Waals surface area contributed by atoms with Crippen LogP contribution in [0.2, 0.25) is 0 Å². The number of rotatable bonds is 7. The topological polar surface area (TPSA) is 61.7 Å². The molecule has 1 aliphatic heterocycles. The molecule has 2 aromatic rings. The highest BCUT2D eigenvalue weighted by Gasteiger charge is 2.24. The molecule has 192 valence electrons. The minimum atomic E-state index is 0.136. The quantitative estimate of drug-likeness (QED) is 0.590. The maximum absolute atomic E-state index is 13.4. The summed E-state index contributed by atoms with van der Waals surface area (Å²) in [5, 5.41) is 0. The Morgan fingerprint density at radius 3 is 2.43 bits per heavy atom. The number of amides is 2. The lowest BCUT2D eigenvalue weighted by atomic mass is 10.1. The molecule has 7 nitrogen and oxygen atoms in total. The van der Waals surface area contributed by atoms with E-state index in [1.807, 2.05) is 45.7 Å². The molecule has 2 heterocycles. The van der Waals surface area contributed by atoms with Crippen molar-refractivity contribution < 1.29 is 9.59 Å². The molecule has 0 aliphatic carbocycles. The van der Waals surface area contributed by atoms with Gasteiger partial charge in [0.05, 0.1) is 0 Å². The molecule has 0 unspecified atom stereocenters. The van der Waals surface area contributed by atoms with Gasteiger partial charge in [0.1, 0.15) is 5.82 Å². The van der Waals surface area contributed by atoms with Crippen molar-refractivity contribution in [3.05, 3.63) is 48.0 Å². The van der Waals surface area contributed by atoms with Crippen LogP contribution in [-0.2, 0) is 22.7 Å². The van der Waals surface area contributed by atoms with Crippen molar-refractivity contribution in [2.75, 3.05) is 37.6 Å². The summed E-state index contributed by atoms with van der Waals surface area (Å²) in [6.07, 6.45) is 5.57. The Morgan fingerprint density at radius 1 is 0.971 bits per heavy atom. The van der Waals surface area contributed by atoms with Crippen LogP contribution in [0.5, 0.6) is 0 Å². The van der Waals surface area contributed by atoms with Gasteiger partial charge >= 0.3 is 0 Å². The fourth-order valence-electron chi connectivity index (χ4n) is 4.78. The van der Waals surface area contributed by atoms with Gasteiger partial charge in [0.15, 0.2) is 0 Å². The van der Waals surface area contributed by atoms with Gasteiger partial charge in [0.2, 0.25) is 11.8 Å². The SMILES string of the molecule is Cc1nccn1CCC(=O)N1CCN(CC(C)C)CCCN(C(=O)CC(C)C)c2ccccc2C1. The predicted molar refractivity (Wildman–Crippen MR) is 141 cm³/mol. The van der Waals surface area contributed by atoms with Gasteiger partial charge in [-0.2, -0.15) is 0 Å². The molecule has 2 amide bonds. The first-order chi connectivity index (χ1) is 16.7. The summed E-state index contributed by atoms with van der Waals surface area (Å²) in [5.74, 6) is 2.06. The average Bonchev–Trinajstić information content (AvgIpc) is 3.20. The molecule has 0 spiro atoms. The second-order valence-corrected chi connectivity index (χ2v) is 10.6. The third-order valence-electron chi connectivity index (χ3n) is 6.54. The normalized spacial score (nSPS) is 15.9. The first-order valence-corrected chi connectivity index (χ1v) is 13.1. The second-order valence-electron chi connectivity index (χ2n) is 10.6. The number of fused-ring (bicyclic) bond motifs is 1. The van der Waals surface area contributed by atoms with Crippen LogP contribution in [0.3, 0.4) is 0 Å². The Hall–Kier alpha value is -2.67. The lowest BCUT2D eigenvalue weighted by Gasteiger charge is -2.29.